The van der Waals surface area contributed by atoms with Gasteiger partial charge in [-0.15, -0.1) is 0 Å². The zero-order valence-electron chi connectivity index (χ0n) is 12.9. The van der Waals surface area contributed by atoms with Gasteiger partial charge in [-0.1, -0.05) is 27.2 Å². The van der Waals surface area contributed by atoms with Crippen LogP contribution in [0.15, 0.2) is 9.31 Å². The van der Waals surface area contributed by atoms with E-state index in [2.05, 4.69) is 0 Å². The molecule has 1 N–H and O–H groups in total. The van der Waals surface area contributed by atoms with Gasteiger partial charge in [0.15, 0.2) is 0 Å². The number of sulfonamides is 1. The number of rotatable bonds is 7. The highest BCUT2D eigenvalue weighted by Crippen LogP contribution is 2.29. The van der Waals surface area contributed by atoms with Crippen molar-refractivity contribution in [2.75, 3.05) is 13.1 Å². The molecule has 0 amide bonds. The molecular weight excluding hydrogens is 278 g/mol. The van der Waals surface area contributed by atoms with Crippen molar-refractivity contribution in [1.82, 2.24) is 4.31 Å². The Hall–Kier alpha value is -0.850. The summed E-state index contributed by atoms with van der Waals surface area (Å²) in [7, 11) is -3.63. The van der Waals surface area contributed by atoms with Gasteiger partial charge in [0.05, 0.1) is 6.61 Å². The number of nitrogens with zero attached hydrogens (tertiary/aromatic N) is 1. The average molecular weight is 303 g/mol. The quantitative estimate of drug-likeness (QED) is 0.840. The van der Waals surface area contributed by atoms with Gasteiger partial charge in [-0.3, -0.25) is 0 Å². The maximum absolute atomic E-state index is 12.8. The topological polar surface area (TPSA) is 70.8 Å². The maximum Gasteiger partial charge on any atom is 0.246 e. The molecule has 116 valence electrons. The van der Waals surface area contributed by atoms with Crippen molar-refractivity contribution in [3.8, 4) is 0 Å². The molecule has 1 unspecified atom stereocenters. The van der Waals surface area contributed by atoms with E-state index in [1.54, 1.807) is 13.8 Å². The monoisotopic (exact) mass is 303 g/mol. The fourth-order valence-electron chi connectivity index (χ4n) is 2.23. The maximum atomic E-state index is 12.8. The Morgan fingerprint density at radius 3 is 2.30 bits per heavy atom. The molecule has 0 spiro atoms. The summed E-state index contributed by atoms with van der Waals surface area (Å²) in [5.41, 5.74) is 0.366. The SMILES string of the molecule is CCC(C)CN(CC)S(=O)(=O)c1c(C)oc(C)c1CO. The Morgan fingerprint density at radius 1 is 1.25 bits per heavy atom. The minimum atomic E-state index is -3.63. The Kier molecular flexibility index (Phi) is 5.79. The van der Waals surface area contributed by atoms with Crippen molar-refractivity contribution in [2.45, 2.75) is 52.5 Å². The van der Waals surface area contributed by atoms with Crippen molar-refractivity contribution in [1.29, 1.82) is 0 Å². The third-order valence-corrected chi connectivity index (χ3v) is 5.78. The fourth-order valence-corrected chi connectivity index (χ4v) is 4.21. The molecule has 1 aromatic heterocycles. The molecule has 0 aliphatic rings. The van der Waals surface area contributed by atoms with Crippen molar-refractivity contribution in [3.05, 3.63) is 17.1 Å². The predicted molar refractivity (Wildman–Crippen MR) is 78.0 cm³/mol. The average Bonchev–Trinajstić information content (AvgIpc) is 2.69. The first kappa shape index (κ1) is 17.2. The highest BCUT2D eigenvalue weighted by molar-refractivity contribution is 7.89. The summed E-state index contributed by atoms with van der Waals surface area (Å²) in [5.74, 6) is 1.09. The fraction of sp³-hybridized carbons (Fsp3) is 0.714. The van der Waals surface area contributed by atoms with E-state index < -0.39 is 10.0 Å². The van der Waals surface area contributed by atoms with Crippen molar-refractivity contribution >= 4 is 10.0 Å². The summed E-state index contributed by atoms with van der Waals surface area (Å²) in [5, 5.41) is 9.42. The molecule has 1 rings (SSSR count). The smallest absolute Gasteiger partial charge is 0.246 e. The molecular formula is C14H25NO4S. The molecule has 0 aliphatic heterocycles. The Bertz CT molecular complexity index is 548. The summed E-state index contributed by atoms with van der Waals surface area (Å²) in [6, 6.07) is 0. The van der Waals surface area contributed by atoms with Gasteiger partial charge in [-0.25, -0.2) is 8.42 Å². The first-order valence-electron chi connectivity index (χ1n) is 6.99. The number of aryl methyl sites for hydroxylation is 2. The van der Waals surface area contributed by atoms with E-state index in [0.717, 1.165) is 6.42 Å². The third kappa shape index (κ3) is 3.24. The molecule has 0 aliphatic carbocycles. The van der Waals surface area contributed by atoms with E-state index >= 15 is 0 Å². The third-order valence-electron chi connectivity index (χ3n) is 3.65. The second-order valence-electron chi connectivity index (χ2n) is 5.15. The van der Waals surface area contributed by atoms with E-state index in [0.29, 0.717) is 30.2 Å². The van der Waals surface area contributed by atoms with Gasteiger partial charge in [0, 0.05) is 18.7 Å². The lowest BCUT2D eigenvalue weighted by atomic mass is 10.1. The van der Waals surface area contributed by atoms with Crippen LogP contribution in [0.25, 0.3) is 0 Å². The first-order valence-corrected chi connectivity index (χ1v) is 8.43. The van der Waals surface area contributed by atoms with Crippen molar-refractivity contribution in [3.63, 3.8) is 0 Å². The molecule has 0 saturated heterocycles. The lowest BCUT2D eigenvalue weighted by Crippen LogP contribution is -2.35. The predicted octanol–water partition coefficient (Wildman–Crippen LogP) is 2.45. The molecule has 0 saturated carbocycles. The van der Waals surface area contributed by atoms with Gasteiger partial charge >= 0.3 is 0 Å². The summed E-state index contributed by atoms with van der Waals surface area (Å²) in [4.78, 5) is 0.127. The van der Waals surface area contributed by atoms with Crippen LogP contribution in [-0.4, -0.2) is 30.9 Å². The van der Waals surface area contributed by atoms with E-state index in [1.165, 1.54) is 4.31 Å². The van der Waals surface area contributed by atoms with Gasteiger partial charge < -0.3 is 9.52 Å². The molecule has 1 aromatic rings. The molecule has 5 nitrogen and oxygen atoms in total. The van der Waals surface area contributed by atoms with Crippen LogP contribution in [-0.2, 0) is 16.6 Å². The van der Waals surface area contributed by atoms with Crippen LogP contribution in [0.1, 0.15) is 44.3 Å². The second kappa shape index (κ2) is 6.74. The molecule has 1 heterocycles. The first-order chi connectivity index (χ1) is 9.29. The van der Waals surface area contributed by atoms with E-state index in [1.807, 2.05) is 20.8 Å². The van der Waals surface area contributed by atoms with E-state index in [9.17, 15) is 13.5 Å². The number of hydrogen-bond acceptors (Lipinski definition) is 4. The summed E-state index contributed by atoms with van der Waals surface area (Å²) in [6.07, 6.45) is 0.919. The number of hydrogen-bond donors (Lipinski definition) is 1. The Morgan fingerprint density at radius 2 is 1.85 bits per heavy atom. The normalized spacial score (nSPS) is 13.9. The zero-order chi connectivity index (χ0) is 15.5. The van der Waals surface area contributed by atoms with Gasteiger partial charge in [-0.2, -0.15) is 4.31 Å². The Labute approximate surface area is 121 Å². The summed E-state index contributed by atoms with van der Waals surface area (Å²) >= 11 is 0. The van der Waals surface area contributed by atoms with Crippen molar-refractivity contribution < 1.29 is 17.9 Å². The van der Waals surface area contributed by atoms with Gasteiger partial charge in [-0.05, 0) is 19.8 Å². The minimum Gasteiger partial charge on any atom is -0.465 e. The highest BCUT2D eigenvalue weighted by Gasteiger charge is 2.31. The lowest BCUT2D eigenvalue weighted by molar-refractivity contribution is 0.276. The van der Waals surface area contributed by atoms with Crippen molar-refractivity contribution in [2.24, 2.45) is 5.92 Å². The molecule has 0 radical (unpaired) electrons. The minimum absolute atomic E-state index is 0.127. The largest absolute Gasteiger partial charge is 0.465 e. The second-order valence-corrected chi connectivity index (χ2v) is 7.02. The van der Waals surface area contributed by atoms with Crippen LogP contribution in [0.3, 0.4) is 0 Å². The van der Waals surface area contributed by atoms with Gasteiger partial charge in [0.2, 0.25) is 10.0 Å². The molecule has 20 heavy (non-hydrogen) atoms. The summed E-state index contributed by atoms with van der Waals surface area (Å²) < 4.78 is 32.4. The molecule has 0 aromatic carbocycles. The van der Waals surface area contributed by atoms with E-state index in [4.69, 9.17) is 4.42 Å². The van der Waals surface area contributed by atoms with Crippen LogP contribution in [0.5, 0.6) is 0 Å². The zero-order valence-corrected chi connectivity index (χ0v) is 13.7. The standard InChI is InChI=1S/C14H25NO4S/c1-6-10(3)8-15(7-2)20(17,18)14-12(5)19-11(4)13(14)9-16/h10,16H,6-9H2,1-5H3. The molecule has 6 heteroatoms. The van der Waals surface area contributed by atoms with Gasteiger partial charge in [0.25, 0.3) is 0 Å². The van der Waals surface area contributed by atoms with Crippen LogP contribution in [0, 0.1) is 19.8 Å². The summed E-state index contributed by atoms with van der Waals surface area (Å²) in [6.45, 7) is 9.72. The number of furan rings is 1. The van der Waals surface area contributed by atoms with Crippen LogP contribution in [0.2, 0.25) is 0 Å². The van der Waals surface area contributed by atoms with Crippen LogP contribution < -0.4 is 0 Å². The molecule has 0 fully saturated rings. The Balaban J connectivity index is 3.27. The van der Waals surface area contributed by atoms with Crippen LogP contribution in [0.4, 0.5) is 0 Å². The number of aliphatic hydroxyl groups excluding tert-OH is 1. The van der Waals surface area contributed by atoms with E-state index in [-0.39, 0.29) is 17.4 Å². The number of aliphatic hydroxyl groups is 1. The van der Waals surface area contributed by atoms with Gasteiger partial charge in [0.1, 0.15) is 16.4 Å². The lowest BCUT2D eigenvalue weighted by Gasteiger charge is -2.23. The van der Waals surface area contributed by atoms with Crippen LogP contribution >= 0.6 is 0 Å². The highest BCUT2D eigenvalue weighted by atomic mass is 32.2. The molecule has 1 atom stereocenters. The molecule has 0 bridgehead atoms.